The number of aromatic nitrogens is 2. The van der Waals surface area contributed by atoms with Crippen LogP contribution in [-0.4, -0.2) is 15.8 Å². The quantitative estimate of drug-likeness (QED) is 0.596. The summed E-state index contributed by atoms with van der Waals surface area (Å²) < 4.78 is 37.5. The third-order valence-corrected chi connectivity index (χ3v) is 2.28. The number of nitrogens with one attached hydrogen (secondary N) is 1. The number of rotatable bonds is 1. The van der Waals surface area contributed by atoms with Gasteiger partial charge in [0.25, 0.3) is 0 Å². The van der Waals surface area contributed by atoms with Crippen molar-refractivity contribution in [3.05, 3.63) is 23.5 Å². The van der Waals surface area contributed by atoms with Crippen LogP contribution in [0.4, 0.5) is 18.9 Å². The second-order valence-corrected chi connectivity index (χ2v) is 3.60. The van der Waals surface area contributed by atoms with Crippen LogP contribution in [0.5, 0.6) is 0 Å². The number of imidazole rings is 1. The zero-order chi connectivity index (χ0) is 12.8. The fraction of sp³-hybridized carbons (Fsp3) is 0.200. The average Bonchev–Trinajstić information content (AvgIpc) is 2.60. The molecule has 2 rings (SSSR count). The molecule has 0 aliphatic rings. The van der Waals surface area contributed by atoms with Crippen LogP contribution >= 0.6 is 0 Å². The van der Waals surface area contributed by atoms with Crippen LogP contribution in [0.25, 0.3) is 11.0 Å². The van der Waals surface area contributed by atoms with Gasteiger partial charge < -0.3 is 10.7 Å². The standard InChI is InChI=1S/C10H8F3N3O/c1-4(17)9-15-7-3-5(10(11,12)13)2-6(14)8(7)16-9/h2-3H,14H2,1H3,(H,15,16). The molecule has 0 saturated carbocycles. The van der Waals surface area contributed by atoms with Gasteiger partial charge >= 0.3 is 6.18 Å². The van der Waals surface area contributed by atoms with E-state index in [1.165, 1.54) is 6.92 Å². The minimum absolute atomic E-state index is 0.00831. The van der Waals surface area contributed by atoms with E-state index in [2.05, 4.69) is 9.97 Å². The highest BCUT2D eigenvalue weighted by Crippen LogP contribution is 2.33. The topological polar surface area (TPSA) is 71.8 Å². The lowest BCUT2D eigenvalue weighted by Crippen LogP contribution is -2.05. The number of ketones is 1. The monoisotopic (exact) mass is 243 g/mol. The molecule has 4 nitrogen and oxygen atoms in total. The SMILES string of the molecule is CC(=O)c1nc2c(N)cc(C(F)(F)F)cc2[nH]1. The molecule has 90 valence electrons. The van der Waals surface area contributed by atoms with Crippen molar-refractivity contribution in [2.24, 2.45) is 0 Å². The van der Waals surface area contributed by atoms with Crippen LogP contribution in [0.3, 0.4) is 0 Å². The molecule has 0 aliphatic heterocycles. The van der Waals surface area contributed by atoms with Gasteiger partial charge in [0.1, 0.15) is 5.52 Å². The molecule has 1 heterocycles. The zero-order valence-electron chi connectivity index (χ0n) is 8.72. The first kappa shape index (κ1) is 11.4. The minimum Gasteiger partial charge on any atom is -0.397 e. The van der Waals surface area contributed by atoms with E-state index in [0.29, 0.717) is 0 Å². The van der Waals surface area contributed by atoms with Gasteiger partial charge in [-0.15, -0.1) is 0 Å². The third kappa shape index (κ3) is 1.95. The van der Waals surface area contributed by atoms with E-state index in [9.17, 15) is 18.0 Å². The number of nitrogen functional groups attached to an aromatic ring is 1. The maximum Gasteiger partial charge on any atom is 0.416 e. The number of aromatic amines is 1. The number of alkyl halides is 3. The molecule has 3 N–H and O–H groups in total. The maximum absolute atomic E-state index is 12.5. The Morgan fingerprint density at radius 1 is 1.41 bits per heavy atom. The number of nitrogens with zero attached hydrogens (tertiary/aromatic N) is 1. The molecule has 0 aliphatic carbocycles. The number of carbonyl (C=O) groups excluding carboxylic acids is 1. The van der Waals surface area contributed by atoms with Gasteiger partial charge in [-0.3, -0.25) is 4.79 Å². The number of H-pyrrole nitrogens is 1. The van der Waals surface area contributed by atoms with Gasteiger partial charge in [0.2, 0.25) is 0 Å². The molecule has 1 aromatic carbocycles. The first-order chi connectivity index (χ1) is 7.79. The Balaban J connectivity index is 2.69. The molecule has 0 unspecified atom stereocenters. The second-order valence-electron chi connectivity index (χ2n) is 3.60. The molecule has 2 aromatic rings. The van der Waals surface area contributed by atoms with Crippen LogP contribution in [0.1, 0.15) is 23.1 Å². The molecule has 0 fully saturated rings. The predicted octanol–water partition coefficient (Wildman–Crippen LogP) is 2.37. The Kier molecular flexibility index (Phi) is 2.34. The van der Waals surface area contributed by atoms with Crippen molar-refractivity contribution < 1.29 is 18.0 Å². The molecular formula is C10H8F3N3O. The zero-order valence-corrected chi connectivity index (χ0v) is 8.72. The number of anilines is 1. The normalized spacial score (nSPS) is 12.0. The summed E-state index contributed by atoms with van der Waals surface area (Å²) in [6.45, 7) is 1.26. The minimum atomic E-state index is -4.48. The molecule has 0 atom stereocenters. The van der Waals surface area contributed by atoms with Crippen molar-refractivity contribution in [3.8, 4) is 0 Å². The number of benzene rings is 1. The van der Waals surface area contributed by atoms with Gasteiger partial charge in [-0.1, -0.05) is 0 Å². The number of halogens is 3. The third-order valence-electron chi connectivity index (χ3n) is 2.28. The number of hydrogen-bond donors (Lipinski definition) is 2. The fourth-order valence-corrected chi connectivity index (χ4v) is 1.47. The first-order valence-electron chi connectivity index (χ1n) is 4.66. The highest BCUT2D eigenvalue weighted by molar-refractivity contribution is 5.97. The van der Waals surface area contributed by atoms with Gasteiger partial charge in [0.05, 0.1) is 16.8 Å². The van der Waals surface area contributed by atoms with Gasteiger partial charge in [0, 0.05) is 6.92 Å². The van der Waals surface area contributed by atoms with E-state index in [-0.39, 0.29) is 28.3 Å². The highest BCUT2D eigenvalue weighted by atomic mass is 19.4. The Morgan fingerprint density at radius 2 is 2.06 bits per heavy atom. The summed E-state index contributed by atoms with van der Waals surface area (Å²) in [5.41, 5.74) is 4.76. The first-order valence-corrected chi connectivity index (χ1v) is 4.66. The molecule has 17 heavy (non-hydrogen) atoms. The summed E-state index contributed by atoms with van der Waals surface area (Å²) in [6.07, 6.45) is -4.48. The predicted molar refractivity (Wildman–Crippen MR) is 55.5 cm³/mol. The molecule has 7 heteroatoms. The maximum atomic E-state index is 12.5. The largest absolute Gasteiger partial charge is 0.416 e. The van der Waals surface area contributed by atoms with Crippen molar-refractivity contribution in [1.29, 1.82) is 0 Å². The molecule has 0 spiro atoms. The molecule has 1 aromatic heterocycles. The van der Waals surface area contributed by atoms with Gasteiger partial charge in [-0.25, -0.2) is 4.98 Å². The smallest absolute Gasteiger partial charge is 0.397 e. The number of fused-ring (bicyclic) bond motifs is 1. The average molecular weight is 243 g/mol. The highest BCUT2D eigenvalue weighted by Gasteiger charge is 2.31. The second kappa shape index (κ2) is 3.47. The van der Waals surface area contributed by atoms with Crippen LogP contribution in [0.2, 0.25) is 0 Å². The number of hydrogen-bond acceptors (Lipinski definition) is 3. The Hall–Kier alpha value is -2.05. The Bertz CT molecular complexity index is 601. The van der Waals surface area contributed by atoms with Crippen molar-refractivity contribution in [2.75, 3.05) is 5.73 Å². The molecular weight excluding hydrogens is 235 g/mol. The summed E-state index contributed by atoms with van der Waals surface area (Å²) >= 11 is 0. The number of carbonyl (C=O) groups is 1. The Morgan fingerprint density at radius 3 is 2.59 bits per heavy atom. The van der Waals surface area contributed by atoms with Gasteiger partial charge in [-0.05, 0) is 12.1 Å². The van der Waals surface area contributed by atoms with Crippen LogP contribution < -0.4 is 5.73 Å². The van der Waals surface area contributed by atoms with E-state index in [1.54, 1.807) is 0 Å². The molecule has 0 radical (unpaired) electrons. The van der Waals surface area contributed by atoms with Gasteiger partial charge in [0.15, 0.2) is 11.6 Å². The number of nitrogens with two attached hydrogens (primary N) is 1. The summed E-state index contributed by atoms with van der Waals surface area (Å²) in [5, 5.41) is 0. The molecule has 0 saturated heterocycles. The number of Topliss-reactive ketones (excluding diaryl/α,β-unsaturated/α-hetero) is 1. The summed E-state index contributed by atoms with van der Waals surface area (Å²) in [5.74, 6) is -0.375. The van der Waals surface area contributed by atoms with Crippen molar-refractivity contribution in [1.82, 2.24) is 9.97 Å². The van der Waals surface area contributed by atoms with E-state index in [1.807, 2.05) is 0 Å². The van der Waals surface area contributed by atoms with E-state index < -0.39 is 11.7 Å². The molecule has 0 amide bonds. The van der Waals surface area contributed by atoms with Crippen molar-refractivity contribution in [2.45, 2.75) is 13.1 Å². The molecule has 0 bridgehead atoms. The van der Waals surface area contributed by atoms with Crippen molar-refractivity contribution >= 4 is 22.5 Å². The lowest BCUT2D eigenvalue weighted by atomic mass is 10.1. The lowest BCUT2D eigenvalue weighted by molar-refractivity contribution is -0.137. The van der Waals surface area contributed by atoms with Crippen LogP contribution in [-0.2, 0) is 6.18 Å². The lowest BCUT2D eigenvalue weighted by Gasteiger charge is -2.07. The van der Waals surface area contributed by atoms with E-state index in [4.69, 9.17) is 5.73 Å². The van der Waals surface area contributed by atoms with E-state index >= 15 is 0 Å². The fourth-order valence-electron chi connectivity index (χ4n) is 1.47. The Labute approximate surface area is 93.6 Å². The van der Waals surface area contributed by atoms with Crippen LogP contribution in [0.15, 0.2) is 12.1 Å². The van der Waals surface area contributed by atoms with Crippen LogP contribution in [0, 0.1) is 0 Å². The van der Waals surface area contributed by atoms with E-state index in [0.717, 1.165) is 12.1 Å². The summed E-state index contributed by atoms with van der Waals surface area (Å²) in [4.78, 5) is 17.4. The van der Waals surface area contributed by atoms with Gasteiger partial charge in [-0.2, -0.15) is 13.2 Å². The van der Waals surface area contributed by atoms with Crippen molar-refractivity contribution in [3.63, 3.8) is 0 Å². The summed E-state index contributed by atoms with van der Waals surface area (Å²) in [6, 6.07) is 1.68. The summed E-state index contributed by atoms with van der Waals surface area (Å²) in [7, 11) is 0.